The van der Waals surface area contributed by atoms with Crippen LogP contribution in [0.25, 0.3) is 0 Å². The van der Waals surface area contributed by atoms with Gasteiger partial charge in [0.15, 0.2) is 0 Å². The quantitative estimate of drug-likeness (QED) is 0.747. The van der Waals surface area contributed by atoms with E-state index in [1.165, 1.54) is 12.8 Å². The largest absolute Gasteiger partial charge is 0.375 e. The smallest absolute Gasteiger partial charge is 0.0597 e. The summed E-state index contributed by atoms with van der Waals surface area (Å²) in [5.41, 5.74) is 0. The molecule has 0 aromatic carbocycles. The van der Waals surface area contributed by atoms with Crippen LogP contribution in [-0.4, -0.2) is 25.3 Å². The molecule has 2 rings (SSSR count). The molecule has 0 amide bonds. The summed E-state index contributed by atoms with van der Waals surface area (Å²) in [5, 5.41) is 3.51. The monoisotopic (exact) mass is 197 g/mol. The van der Waals surface area contributed by atoms with E-state index in [9.17, 15) is 0 Å². The molecule has 5 atom stereocenters. The molecule has 1 saturated carbocycles. The molecule has 2 aliphatic rings. The van der Waals surface area contributed by atoms with Gasteiger partial charge in [-0.3, -0.25) is 0 Å². The van der Waals surface area contributed by atoms with Crippen molar-refractivity contribution in [3.8, 4) is 0 Å². The van der Waals surface area contributed by atoms with Crippen LogP contribution in [0.1, 0.15) is 33.6 Å². The van der Waals surface area contributed by atoms with Gasteiger partial charge in [-0.1, -0.05) is 6.92 Å². The molecule has 1 aliphatic carbocycles. The maximum Gasteiger partial charge on any atom is 0.0597 e. The molecule has 82 valence electrons. The van der Waals surface area contributed by atoms with Crippen LogP contribution in [0.5, 0.6) is 0 Å². The van der Waals surface area contributed by atoms with E-state index < -0.39 is 0 Å². The topological polar surface area (TPSA) is 21.3 Å². The summed E-state index contributed by atoms with van der Waals surface area (Å²) in [6, 6.07) is 0.685. The molecular weight excluding hydrogens is 174 g/mol. The third kappa shape index (κ3) is 1.70. The van der Waals surface area contributed by atoms with Gasteiger partial charge in [-0.2, -0.15) is 0 Å². The highest BCUT2D eigenvalue weighted by Gasteiger charge is 2.46. The number of hydrogen-bond donors (Lipinski definition) is 1. The van der Waals surface area contributed by atoms with Gasteiger partial charge in [-0.05, 0) is 45.6 Å². The lowest BCUT2D eigenvalue weighted by molar-refractivity contribution is 0.0469. The number of hydrogen-bond acceptors (Lipinski definition) is 2. The van der Waals surface area contributed by atoms with Crippen LogP contribution in [0.2, 0.25) is 0 Å². The van der Waals surface area contributed by atoms with Crippen LogP contribution in [-0.2, 0) is 4.74 Å². The van der Waals surface area contributed by atoms with E-state index in [0.717, 1.165) is 5.92 Å². The Morgan fingerprint density at radius 2 is 1.79 bits per heavy atom. The highest BCUT2D eigenvalue weighted by molar-refractivity contribution is 4.98. The summed E-state index contributed by atoms with van der Waals surface area (Å²) < 4.78 is 5.91. The van der Waals surface area contributed by atoms with E-state index in [1.54, 1.807) is 0 Å². The molecule has 1 aliphatic heterocycles. The van der Waals surface area contributed by atoms with Crippen LogP contribution in [0.4, 0.5) is 0 Å². The van der Waals surface area contributed by atoms with Crippen LogP contribution >= 0.6 is 0 Å². The zero-order valence-corrected chi connectivity index (χ0v) is 9.79. The Kier molecular flexibility index (Phi) is 2.85. The molecule has 0 radical (unpaired) electrons. The van der Waals surface area contributed by atoms with Gasteiger partial charge in [0.25, 0.3) is 0 Å². The van der Waals surface area contributed by atoms with Gasteiger partial charge in [-0.25, -0.2) is 0 Å². The second-order valence-electron chi connectivity index (χ2n) is 5.13. The number of nitrogens with one attached hydrogen (secondary N) is 1. The summed E-state index contributed by atoms with van der Waals surface area (Å²) >= 11 is 0. The van der Waals surface area contributed by atoms with Crippen molar-refractivity contribution >= 4 is 0 Å². The zero-order valence-electron chi connectivity index (χ0n) is 9.79. The van der Waals surface area contributed by atoms with E-state index in [-0.39, 0.29) is 0 Å². The highest BCUT2D eigenvalue weighted by Crippen LogP contribution is 2.43. The van der Waals surface area contributed by atoms with Gasteiger partial charge >= 0.3 is 0 Å². The van der Waals surface area contributed by atoms with Crippen molar-refractivity contribution in [1.29, 1.82) is 0 Å². The molecule has 1 heterocycles. The predicted octanol–water partition coefficient (Wildman–Crippen LogP) is 2.04. The molecule has 1 saturated heterocycles. The minimum atomic E-state index is 0.429. The van der Waals surface area contributed by atoms with Gasteiger partial charge < -0.3 is 10.1 Å². The van der Waals surface area contributed by atoms with E-state index in [4.69, 9.17) is 4.74 Å². The molecular formula is C12H23NO. The Morgan fingerprint density at radius 3 is 2.14 bits per heavy atom. The molecule has 2 nitrogen and oxygen atoms in total. The SMILES string of the molecule is CNC(C1CC1)C1C(C)OC(C)C1C. The molecule has 0 bridgehead atoms. The summed E-state index contributed by atoms with van der Waals surface area (Å²) in [4.78, 5) is 0. The Morgan fingerprint density at radius 1 is 1.14 bits per heavy atom. The van der Waals surface area contributed by atoms with E-state index in [1.807, 2.05) is 0 Å². The Hall–Kier alpha value is -0.0800. The standard InChI is InChI=1S/C12H23NO/c1-7-8(2)14-9(3)11(7)12(13-4)10-5-6-10/h7-13H,5-6H2,1-4H3. The van der Waals surface area contributed by atoms with Crippen molar-refractivity contribution in [3.63, 3.8) is 0 Å². The lowest BCUT2D eigenvalue weighted by atomic mass is 9.81. The number of ether oxygens (including phenoxy) is 1. The second-order valence-corrected chi connectivity index (χ2v) is 5.13. The minimum Gasteiger partial charge on any atom is -0.375 e. The average molecular weight is 197 g/mol. The van der Waals surface area contributed by atoms with Crippen molar-refractivity contribution in [2.45, 2.75) is 51.9 Å². The van der Waals surface area contributed by atoms with E-state index in [2.05, 4.69) is 33.1 Å². The van der Waals surface area contributed by atoms with Gasteiger partial charge in [0.2, 0.25) is 0 Å². The molecule has 0 spiro atoms. The normalized spacial score (nSPS) is 45.4. The lowest BCUT2D eigenvalue weighted by Crippen LogP contribution is -2.41. The number of rotatable bonds is 3. The van der Waals surface area contributed by atoms with Crippen molar-refractivity contribution in [3.05, 3.63) is 0 Å². The van der Waals surface area contributed by atoms with Crippen LogP contribution in [0, 0.1) is 17.8 Å². The van der Waals surface area contributed by atoms with Crippen molar-refractivity contribution < 1.29 is 4.74 Å². The van der Waals surface area contributed by atoms with Gasteiger partial charge in [0, 0.05) is 12.0 Å². The van der Waals surface area contributed by atoms with E-state index in [0.29, 0.717) is 30.1 Å². The lowest BCUT2D eigenvalue weighted by Gasteiger charge is -2.28. The fourth-order valence-electron chi connectivity index (χ4n) is 3.11. The fraction of sp³-hybridized carbons (Fsp3) is 1.00. The van der Waals surface area contributed by atoms with Gasteiger partial charge in [-0.15, -0.1) is 0 Å². The summed E-state index contributed by atoms with van der Waals surface area (Å²) in [7, 11) is 2.10. The maximum absolute atomic E-state index is 5.91. The first-order valence-corrected chi connectivity index (χ1v) is 5.98. The van der Waals surface area contributed by atoms with Crippen LogP contribution in [0.15, 0.2) is 0 Å². The summed E-state index contributed by atoms with van der Waals surface area (Å²) in [6.07, 6.45) is 3.69. The first-order chi connectivity index (χ1) is 6.65. The van der Waals surface area contributed by atoms with Crippen LogP contribution in [0.3, 0.4) is 0 Å². The average Bonchev–Trinajstić information content (AvgIpc) is 2.91. The second kappa shape index (κ2) is 3.82. The van der Waals surface area contributed by atoms with E-state index >= 15 is 0 Å². The molecule has 2 heteroatoms. The predicted molar refractivity (Wildman–Crippen MR) is 58.2 cm³/mol. The summed E-state index contributed by atoms with van der Waals surface area (Å²) in [6.45, 7) is 6.78. The Bertz CT molecular complexity index is 202. The minimum absolute atomic E-state index is 0.429. The molecule has 2 fully saturated rings. The third-order valence-electron chi connectivity index (χ3n) is 4.20. The maximum atomic E-state index is 5.91. The molecule has 0 aromatic heterocycles. The van der Waals surface area contributed by atoms with Crippen molar-refractivity contribution in [1.82, 2.24) is 5.32 Å². The molecule has 0 aromatic rings. The molecule has 14 heavy (non-hydrogen) atoms. The first-order valence-electron chi connectivity index (χ1n) is 5.98. The first kappa shape index (κ1) is 10.4. The fourth-order valence-corrected chi connectivity index (χ4v) is 3.11. The van der Waals surface area contributed by atoms with Crippen molar-refractivity contribution in [2.75, 3.05) is 7.05 Å². The zero-order chi connectivity index (χ0) is 10.3. The Balaban J connectivity index is 2.06. The highest BCUT2D eigenvalue weighted by atomic mass is 16.5. The van der Waals surface area contributed by atoms with Gasteiger partial charge in [0.1, 0.15) is 0 Å². The third-order valence-corrected chi connectivity index (χ3v) is 4.20. The molecule has 5 unspecified atom stereocenters. The van der Waals surface area contributed by atoms with Crippen LogP contribution < -0.4 is 5.32 Å². The molecule has 1 N–H and O–H groups in total. The Labute approximate surface area is 87.4 Å². The van der Waals surface area contributed by atoms with Crippen molar-refractivity contribution in [2.24, 2.45) is 17.8 Å². The van der Waals surface area contributed by atoms with Gasteiger partial charge in [0.05, 0.1) is 12.2 Å². The summed E-state index contributed by atoms with van der Waals surface area (Å²) in [5.74, 6) is 2.33.